The van der Waals surface area contributed by atoms with Gasteiger partial charge in [-0.1, -0.05) is 56.9 Å². The summed E-state index contributed by atoms with van der Waals surface area (Å²) in [6, 6.07) is 8.87. The van der Waals surface area contributed by atoms with Gasteiger partial charge in [-0.05, 0) is 42.2 Å². The van der Waals surface area contributed by atoms with Crippen LogP contribution in [-0.4, -0.2) is 0 Å². The Bertz CT molecular complexity index is 425. The fourth-order valence-electron chi connectivity index (χ4n) is 4.43. The first-order chi connectivity index (χ1) is 8.75. The summed E-state index contributed by atoms with van der Waals surface area (Å²) in [6.07, 6.45) is 9.15. The predicted molar refractivity (Wildman–Crippen MR) is 76.4 cm³/mol. The second-order valence-electron chi connectivity index (χ2n) is 6.26. The van der Waals surface area contributed by atoms with Gasteiger partial charge in [-0.2, -0.15) is 0 Å². The zero-order chi connectivity index (χ0) is 12.6. The van der Waals surface area contributed by atoms with Crippen molar-refractivity contribution in [3.63, 3.8) is 0 Å². The van der Waals surface area contributed by atoms with Crippen LogP contribution in [0.25, 0.3) is 0 Å². The smallest absolute Gasteiger partial charge is 0.0446 e. The van der Waals surface area contributed by atoms with Gasteiger partial charge in [0.25, 0.3) is 0 Å². The Hall–Kier alpha value is -0.820. The van der Waals surface area contributed by atoms with Crippen LogP contribution in [0.1, 0.15) is 56.6 Å². The molecule has 1 fully saturated rings. The van der Waals surface area contributed by atoms with Crippen molar-refractivity contribution < 1.29 is 0 Å². The molecule has 3 unspecified atom stereocenters. The summed E-state index contributed by atoms with van der Waals surface area (Å²) in [5.41, 5.74) is 9.84. The molecular formula is C17H25N. The first kappa shape index (κ1) is 12.2. The first-order valence-electron chi connectivity index (χ1n) is 7.63. The summed E-state index contributed by atoms with van der Waals surface area (Å²) < 4.78 is 0. The van der Waals surface area contributed by atoms with Crippen LogP contribution in [0.2, 0.25) is 0 Å². The highest BCUT2D eigenvalue weighted by Crippen LogP contribution is 2.48. The highest BCUT2D eigenvalue weighted by molar-refractivity contribution is 5.39. The van der Waals surface area contributed by atoms with E-state index in [9.17, 15) is 0 Å². The Morgan fingerprint density at radius 1 is 1.22 bits per heavy atom. The summed E-state index contributed by atoms with van der Waals surface area (Å²) in [5.74, 6) is 1.55. The van der Waals surface area contributed by atoms with Gasteiger partial charge in [0, 0.05) is 5.54 Å². The zero-order valence-corrected chi connectivity index (χ0v) is 11.5. The largest absolute Gasteiger partial charge is 0.321 e. The van der Waals surface area contributed by atoms with Gasteiger partial charge in [-0.3, -0.25) is 0 Å². The fourth-order valence-corrected chi connectivity index (χ4v) is 4.43. The lowest BCUT2D eigenvalue weighted by molar-refractivity contribution is 0.126. The summed E-state index contributed by atoms with van der Waals surface area (Å²) in [7, 11) is 0. The SMILES string of the molecule is CCC1CCCCC1C1(N)CCc2ccccc21. The van der Waals surface area contributed by atoms with Crippen molar-refractivity contribution in [1.82, 2.24) is 0 Å². The molecule has 98 valence electrons. The second kappa shape index (κ2) is 4.70. The lowest BCUT2D eigenvalue weighted by Crippen LogP contribution is -2.46. The molecule has 1 aromatic rings. The van der Waals surface area contributed by atoms with Crippen molar-refractivity contribution >= 4 is 0 Å². The fraction of sp³-hybridized carbons (Fsp3) is 0.647. The van der Waals surface area contributed by atoms with Gasteiger partial charge in [0.2, 0.25) is 0 Å². The molecule has 1 nitrogen and oxygen atoms in total. The number of nitrogens with two attached hydrogens (primary N) is 1. The minimum Gasteiger partial charge on any atom is -0.321 e. The molecule has 0 radical (unpaired) electrons. The molecule has 0 bridgehead atoms. The van der Waals surface area contributed by atoms with Crippen molar-refractivity contribution in [3.8, 4) is 0 Å². The molecule has 0 saturated heterocycles. The Morgan fingerprint density at radius 3 is 2.83 bits per heavy atom. The van der Waals surface area contributed by atoms with Crippen molar-refractivity contribution in [2.45, 2.75) is 57.4 Å². The van der Waals surface area contributed by atoms with E-state index in [1.54, 1.807) is 0 Å². The van der Waals surface area contributed by atoms with E-state index in [4.69, 9.17) is 5.73 Å². The van der Waals surface area contributed by atoms with Crippen LogP contribution < -0.4 is 5.73 Å². The van der Waals surface area contributed by atoms with Crippen molar-refractivity contribution in [1.29, 1.82) is 0 Å². The minimum absolute atomic E-state index is 0.0301. The van der Waals surface area contributed by atoms with Gasteiger partial charge >= 0.3 is 0 Å². The molecule has 3 atom stereocenters. The van der Waals surface area contributed by atoms with Gasteiger partial charge in [-0.25, -0.2) is 0 Å². The molecular weight excluding hydrogens is 218 g/mol. The summed E-state index contributed by atoms with van der Waals surface area (Å²) in [6.45, 7) is 2.34. The number of rotatable bonds is 2. The monoisotopic (exact) mass is 243 g/mol. The lowest BCUT2D eigenvalue weighted by atomic mass is 9.66. The average molecular weight is 243 g/mol. The molecule has 1 aromatic carbocycles. The number of hydrogen-bond donors (Lipinski definition) is 1. The predicted octanol–water partition coefficient (Wildman–Crippen LogP) is 4.00. The molecule has 0 heterocycles. The van der Waals surface area contributed by atoms with Crippen molar-refractivity contribution in [2.75, 3.05) is 0 Å². The van der Waals surface area contributed by atoms with E-state index < -0.39 is 0 Å². The molecule has 2 aliphatic carbocycles. The highest BCUT2D eigenvalue weighted by Gasteiger charge is 2.44. The Kier molecular flexibility index (Phi) is 3.19. The topological polar surface area (TPSA) is 26.0 Å². The second-order valence-corrected chi connectivity index (χ2v) is 6.26. The third-order valence-corrected chi connectivity index (χ3v) is 5.42. The standard InChI is InChI=1S/C17H25N/c1-2-13-7-3-5-9-15(13)17(18)12-11-14-8-4-6-10-16(14)17/h4,6,8,10,13,15H,2-3,5,7,9,11-12,18H2,1H3. The van der Waals surface area contributed by atoms with Gasteiger partial charge in [0.15, 0.2) is 0 Å². The maximum Gasteiger partial charge on any atom is 0.0446 e. The third-order valence-electron chi connectivity index (χ3n) is 5.42. The van der Waals surface area contributed by atoms with E-state index in [1.165, 1.54) is 49.7 Å². The molecule has 0 aromatic heterocycles. The third kappa shape index (κ3) is 1.80. The first-order valence-corrected chi connectivity index (χ1v) is 7.63. The molecule has 3 rings (SSSR count). The van der Waals surface area contributed by atoms with E-state index >= 15 is 0 Å². The Morgan fingerprint density at radius 2 is 2.00 bits per heavy atom. The van der Waals surface area contributed by atoms with Gasteiger partial charge in [0.05, 0.1) is 0 Å². The van der Waals surface area contributed by atoms with Crippen LogP contribution in [0, 0.1) is 11.8 Å². The summed E-state index contributed by atoms with van der Waals surface area (Å²) in [5, 5.41) is 0. The number of fused-ring (bicyclic) bond motifs is 1. The molecule has 0 aliphatic heterocycles. The molecule has 0 spiro atoms. The van der Waals surface area contributed by atoms with E-state index in [-0.39, 0.29) is 5.54 Å². The lowest BCUT2D eigenvalue weighted by Gasteiger charge is -2.43. The number of hydrogen-bond acceptors (Lipinski definition) is 1. The number of aryl methyl sites for hydroxylation is 1. The molecule has 1 heteroatoms. The van der Waals surface area contributed by atoms with E-state index in [0.717, 1.165) is 12.3 Å². The van der Waals surface area contributed by atoms with Crippen molar-refractivity contribution in [3.05, 3.63) is 35.4 Å². The average Bonchev–Trinajstić information content (AvgIpc) is 2.78. The van der Waals surface area contributed by atoms with E-state index in [0.29, 0.717) is 5.92 Å². The van der Waals surface area contributed by atoms with Gasteiger partial charge < -0.3 is 5.73 Å². The normalized spacial score (nSPS) is 35.4. The summed E-state index contributed by atoms with van der Waals surface area (Å²) >= 11 is 0. The minimum atomic E-state index is -0.0301. The van der Waals surface area contributed by atoms with Crippen LogP contribution in [0.5, 0.6) is 0 Å². The van der Waals surface area contributed by atoms with Crippen molar-refractivity contribution in [2.24, 2.45) is 17.6 Å². The van der Waals surface area contributed by atoms with Crippen LogP contribution in [0.4, 0.5) is 0 Å². The van der Waals surface area contributed by atoms with Gasteiger partial charge in [-0.15, -0.1) is 0 Å². The van der Waals surface area contributed by atoms with Gasteiger partial charge in [0.1, 0.15) is 0 Å². The summed E-state index contributed by atoms with van der Waals surface area (Å²) in [4.78, 5) is 0. The van der Waals surface area contributed by atoms with E-state index in [2.05, 4.69) is 31.2 Å². The molecule has 2 N–H and O–H groups in total. The Balaban J connectivity index is 1.95. The van der Waals surface area contributed by atoms with Crippen LogP contribution in [0.15, 0.2) is 24.3 Å². The molecule has 18 heavy (non-hydrogen) atoms. The number of benzene rings is 1. The van der Waals surface area contributed by atoms with E-state index in [1.807, 2.05) is 0 Å². The molecule has 2 aliphatic rings. The van der Waals surface area contributed by atoms with Crippen LogP contribution >= 0.6 is 0 Å². The van der Waals surface area contributed by atoms with Crippen LogP contribution in [0.3, 0.4) is 0 Å². The molecule has 0 amide bonds. The maximum atomic E-state index is 6.91. The quantitative estimate of drug-likeness (QED) is 0.834. The maximum absolute atomic E-state index is 6.91. The van der Waals surface area contributed by atoms with Crippen LogP contribution in [-0.2, 0) is 12.0 Å². The molecule has 1 saturated carbocycles. The highest BCUT2D eigenvalue weighted by atomic mass is 14.8. The Labute approximate surface area is 111 Å². The zero-order valence-electron chi connectivity index (χ0n) is 11.5.